The van der Waals surface area contributed by atoms with E-state index in [0.717, 1.165) is 23.4 Å². The maximum Gasteiger partial charge on any atom is 0.268 e. The summed E-state index contributed by atoms with van der Waals surface area (Å²) in [6, 6.07) is 7.35. The fraction of sp³-hybridized carbons (Fsp3) is 0.176. The largest absolute Gasteiger partial charge is 0.355 e. The molecule has 3 rings (SSSR count). The van der Waals surface area contributed by atoms with Crippen molar-refractivity contribution >= 4 is 17.7 Å². The molecule has 0 saturated carbocycles. The second kappa shape index (κ2) is 6.42. The van der Waals surface area contributed by atoms with Crippen LogP contribution >= 0.6 is 11.8 Å². The average molecular weight is 330 g/mol. The Hall–Kier alpha value is -2.34. The predicted molar refractivity (Wildman–Crippen MR) is 88.7 cm³/mol. The molecule has 4 nitrogen and oxygen atoms in total. The zero-order valence-electron chi connectivity index (χ0n) is 12.5. The van der Waals surface area contributed by atoms with Crippen LogP contribution in [0.25, 0.3) is 5.69 Å². The van der Waals surface area contributed by atoms with Crippen LogP contribution in [0, 0.1) is 5.82 Å². The Morgan fingerprint density at radius 3 is 2.74 bits per heavy atom. The maximum atomic E-state index is 13.2. The Balaban J connectivity index is 2.30. The van der Waals surface area contributed by atoms with E-state index in [0.29, 0.717) is 5.69 Å². The highest BCUT2D eigenvalue weighted by molar-refractivity contribution is 8.02. The van der Waals surface area contributed by atoms with Crippen LogP contribution < -0.4 is 10.9 Å². The third-order valence-electron chi connectivity index (χ3n) is 3.64. The van der Waals surface area contributed by atoms with Crippen molar-refractivity contribution in [3.8, 4) is 5.69 Å². The van der Waals surface area contributed by atoms with E-state index in [-0.39, 0.29) is 11.4 Å². The summed E-state index contributed by atoms with van der Waals surface area (Å²) < 4.78 is 14.7. The topological polar surface area (TPSA) is 51.1 Å². The first-order valence-corrected chi connectivity index (χ1v) is 8.08. The molecule has 0 bridgehead atoms. The maximum absolute atomic E-state index is 13.2. The number of thioether (sulfide) groups is 1. The summed E-state index contributed by atoms with van der Waals surface area (Å²) in [5, 5.41) is 5.20. The molecule has 0 spiro atoms. The molecule has 23 heavy (non-hydrogen) atoms. The molecule has 1 N–H and O–H groups in total. The van der Waals surface area contributed by atoms with Gasteiger partial charge in [0.25, 0.3) is 11.5 Å². The van der Waals surface area contributed by atoms with Crippen molar-refractivity contribution in [1.29, 1.82) is 0 Å². The summed E-state index contributed by atoms with van der Waals surface area (Å²) in [6.45, 7) is 0. The minimum absolute atomic E-state index is 0.0954. The van der Waals surface area contributed by atoms with Gasteiger partial charge in [-0.05, 0) is 54.1 Å². The minimum atomic E-state index is -0.420. The second-order valence-electron chi connectivity index (χ2n) is 5.11. The van der Waals surface area contributed by atoms with Gasteiger partial charge in [-0.2, -0.15) is 0 Å². The molecule has 0 atom stereocenters. The zero-order chi connectivity index (χ0) is 16.4. The number of amides is 1. The van der Waals surface area contributed by atoms with Crippen LogP contribution in [0.15, 0.2) is 51.6 Å². The van der Waals surface area contributed by atoms with Crippen molar-refractivity contribution < 1.29 is 9.18 Å². The molecule has 118 valence electrons. The Bertz CT molecular complexity index is 841. The molecular formula is C17H15FN2O2S. The van der Waals surface area contributed by atoms with Gasteiger partial charge in [-0.15, -0.1) is 0 Å². The molecule has 2 heterocycles. The van der Waals surface area contributed by atoms with Gasteiger partial charge < -0.3 is 5.32 Å². The molecule has 0 unspecified atom stereocenters. The molecule has 0 saturated heterocycles. The quantitative estimate of drug-likeness (QED) is 0.921. The molecule has 1 aliphatic heterocycles. The van der Waals surface area contributed by atoms with Gasteiger partial charge in [-0.1, -0.05) is 17.8 Å². The molecule has 0 radical (unpaired) electrons. The highest BCUT2D eigenvalue weighted by Gasteiger charge is 2.20. The number of allylic oxidation sites excluding steroid dienone is 1. The summed E-state index contributed by atoms with van der Waals surface area (Å²) in [7, 11) is 1.49. The molecule has 1 amide bonds. The molecule has 0 aliphatic carbocycles. The van der Waals surface area contributed by atoms with E-state index in [4.69, 9.17) is 0 Å². The van der Waals surface area contributed by atoms with Crippen molar-refractivity contribution in [1.82, 2.24) is 9.88 Å². The van der Waals surface area contributed by atoms with E-state index >= 15 is 0 Å². The van der Waals surface area contributed by atoms with Crippen molar-refractivity contribution in [2.75, 3.05) is 7.05 Å². The first-order valence-electron chi connectivity index (χ1n) is 7.20. The Morgan fingerprint density at radius 2 is 2.04 bits per heavy atom. The van der Waals surface area contributed by atoms with Crippen LogP contribution in [0.1, 0.15) is 22.3 Å². The fourth-order valence-electron chi connectivity index (χ4n) is 2.50. The lowest BCUT2D eigenvalue weighted by molar-refractivity contribution is 0.0961. The first kappa shape index (κ1) is 15.6. The van der Waals surface area contributed by atoms with Crippen LogP contribution in [0.4, 0.5) is 4.39 Å². The van der Waals surface area contributed by atoms with Crippen LogP contribution in [-0.4, -0.2) is 17.5 Å². The average Bonchev–Trinajstić information content (AvgIpc) is 2.80. The highest BCUT2D eigenvalue weighted by atomic mass is 32.2. The van der Waals surface area contributed by atoms with E-state index in [1.807, 2.05) is 11.5 Å². The normalized spacial score (nSPS) is 13.3. The number of rotatable bonds is 2. The molecule has 0 fully saturated rings. The predicted octanol–water partition coefficient (Wildman–Crippen LogP) is 2.89. The van der Waals surface area contributed by atoms with Gasteiger partial charge in [0.05, 0.1) is 5.03 Å². The molecule has 2 aromatic rings. The van der Waals surface area contributed by atoms with E-state index in [2.05, 4.69) is 5.32 Å². The number of nitrogens with zero attached hydrogens (tertiary/aromatic N) is 1. The van der Waals surface area contributed by atoms with Crippen LogP contribution in [-0.2, 0) is 6.42 Å². The smallest absolute Gasteiger partial charge is 0.268 e. The van der Waals surface area contributed by atoms with Crippen molar-refractivity contribution in [3.63, 3.8) is 0 Å². The second-order valence-corrected chi connectivity index (χ2v) is 6.01. The summed E-state index contributed by atoms with van der Waals surface area (Å²) >= 11 is 1.43. The van der Waals surface area contributed by atoms with E-state index in [1.165, 1.54) is 35.5 Å². The number of halogens is 1. The van der Waals surface area contributed by atoms with Gasteiger partial charge in [0.15, 0.2) is 0 Å². The molecule has 1 aromatic heterocycles. The Labute approximate surface area is 137 Å². The summed E-state index contributed by atoms with van der Waals surface area (Å²) in [6.07, 6.45) is 3.61. The van der Waals surface area contributed by atoms with Gasteiger partial charge in [0, 0.05) is 12.7 Å². The molecule has 1 aromatic carbocycles. The lowest BCUT2D eigenvalue weighted by Gasteiger charge is -2.16. The van der Waals surface area contributed by atoms with Crippen LogP contribution in [0.3, 0.4) is 0 Å². The number of hydrogen-bond acceptors (Lipinski definition) is 3. The standard InChI is InChI=1S/C17H15FN2O2S/c1-19-15(21)14-10-11-4-2-3-9-23-17(11)20(16(14)22)13-7-5-12(18)6-8-13/h3,5-10H,2,4H2,1H3,(H,19,21). The minimum Gasteiger partial charge on any atom is -0.355 e. The fourth-order valence-corrected chi connectivity index (χ4v) is 3.47. The van der Waals surface area contributed by atoms with Crippen LogP contribution in [0.5, 0.6) is 0 Å². The van der Waals surface area contributed by atoms with Gasteiger partial charge in [0.1, 0.15) is 11.4 Å². The number of hydrogen-bond donors (Lipinski definition) is 1. The SMILES string of the molecule is CNC(=O)c1cc2c(n(-c3ccc(F)cc3)c1=O)SC=CCC2. The number of aryl methyl sites for hydroxylation is 1. The lowest BCUT2D eigenvalue weighted by Crippen LogP contribution is -2.32. The Kier molecular flexibility index (Phi) is 4.34. The molecule has 1 aliphatic rings. The first-order chi connectivity index (χ1) is 11.1. The van der Waals surface area contributed by atoms with Crippen molar-refractivity contribution in [3.05, 3.63) is 69.1 Å². The Morgan fingerprint density at radius 1 is 1.30 bits per heavy atom. The number of nitrogens with one attached hydrogen (secondary N) is 1. The molecular weight excluding hydrogens is 315 g/mol. The lowest BCUT2D eigenvalue weighted by atomic mass is 10.1. The van der Waals surface area contributed by atoms with E-state index in [9.17, 15) is 14.0 Å². The summed E-state index contributed by atoms with van der Waals surface area (Å²) in [5.41, 5.74) is 1.17. The number of fused-ring (bicyclic) bond motifs is 1. The summed E-state index contributed by atoms with van der Waals surface area (Å²) in [4.78, 5) is 24.8. The molecule has 6 heteroatoms. The van der Waals surface area contributed by atoms with Gasteiger partial charge in [-0.3, -0.25) is 14.2 Å². The van der Waals surface area contributed by atoms with Gasteiger partial charge in [0.2, 0.25) is 0 Å². The number of pyridine rings is 1. The summed E-state index contributed by atoms with van der Waals surface area (Å²) in [5.74, 6) is -0.793. The monoisotopic (exact) mass is 330 g/mol. The van der Waals surface area contributed by atoms with E-state index in [1.54, 1.807) is 18.2 Å². The number of aromatic nitrogens is 1. The number of benzene rings is 1. The highest BCUT2D eigenvalue weighted by Crippen LogP contribution is 2.29. The van der Waals surface area contributed by atoms with Crippen molar-refractivity contribution in [2.45, 2.75) is 17.9 Å². The van der Waals surface area contributed by atoms with Gasteiger partial charge >= 0.3 is 0 Å². The van der Waals surface area contributed by atoms with Gasteiger partial charge in [-0.25, -0.2) is 4.39 Å². The van der Waals surface area contributed by atoms with Crippen molar-refractivity contribution in [2.24, 2.45) is 0 Å². The van der Waals surface area contributed by atoms with Crippen LogP contribution in [0.2, 0.25) is 0 Å². The third-order valence-corrected chi connectivity index (χ3v) is 4.64. The third kappa shape index (κ3) is 2.94. The number of carbonyl (C=O) groups is 1. The zero-order valence-corrected chi connectivity index (χ0v) is 13.3. The van der Waals surface area contributed by atoms with E-state index < -0.39 is 11.5 Å². The number of carbonyl (C=O) groups excluding carboxylic acids is 1.